The lowest BCUT2D eigenvalue weighted by atomic mass is 10.2. The number of unbranched alkanes of at least 4 members (excludes halogenated alkanes) is 2. The molecule has 1 aromatic heterocycles. The van der Waals surface area contributed by atoms with Crippen molar-refractivity contribution in [3.05, 3.63) is 43.0 Å². The van der Waals surface area contributed by atoms with E-state index in [0.717, 1.165) is 24.5 Å². The molecule has 2 aromatic rings. The average Bonchev–Trinajstić information content (AvgIpc) is 2.89. The number of hydrogen-bond donors (Lipinski definition) is 0. The molecule has 17 heavy (non-hydrogen) atoms. The number of hydrogen-bond acceptors (Lipinski definition) is 2. The van der Waals surface area contributed by atoms with E-state index in [-0.39, 0.29) is 0 Å². The highest BCUT2D eigenvalue weighted by atomic mass is 16.5. The fourth-order valence-corrected chi connectivity index (χ4v) is 1.62. The van der Waals surface area contributed by atoms with Gasteiger partial charge in [0.25, 0.3) is 0 Å². The standard InChI is InChI=1S/C14H17N2O/c1-2-3-4-11-17-14-7-5-13(6-8-14)16-10-9-15-12-16/h5-10H,2-4,11H2,1H3. The minimum Gasteiger partial charge on any atom is -0.494 e. The van der Waals surface area contributed by atoms with Gasteiger partial charge in [-0.05, 0) is 30.7 Å². The summed E-state index contributed by atoms with van der Waals surface area (Å²) in [6.07, 6.45) is 10.0. The first-order valence-corrected chi connectivity index (χ1v) is 6.04. The zero-order valence-electron chi connectivity index (χ0n) is 10.1. The minimum atomic E-state index is 0.796. The third kappa shape index (κ3) is 3.34. The second-order valence-electron chi connectivity index (χ2n) is 3.95. The molecule has 0 amide bonds. The van der Waals surface area contributed by atoms with E-state index in [1.54, 1.807) is 6.20 Å². The van der Waals surface area contributed by atoms with Crippen LogP contribution in [0.2, 0.25) is 0 Å². The van der Waals surface area contributed by atoms with Crippen LogP contribution in [0.1, 0.15) is 26.2 Å². The van der Waals surface area contributed by atoms with Gasteiger partial charge in [-0.3, -0.25) is 4.57 Å². The van der Waals surface area contributed by atoms with Crippen molar-refractivity contribution >= 4 is 0 Å². The third-order valence-electron chi connectivity index (χ3n) is 2.59. The van der Waals surface area contributed by atoms with E-state index in [9.17, 15) is 0 Å². The van der Waals surface area contributed by atoms with Crippen LogP contribution in [0.15, 0.2) is 36.7 Å². The molecule has 0 spiro atoms. The number of benzene rings is 1. The van der Waals surface area contributed by atoms with E-state index in [2.05, 4.69) is 18.2 Å². The number of aromatic nitrogens is 2. The van der Waals surface area contributed by atoms with Gasteiger partial charge < -0.3 is 4.74 Å². The van der Waals surface area contributed by atoms with Crippen molar-refractivity contribution in [2.75, 3.05) is 6.61 Å². The monoisotopic (exact) mass is 229 g/mol. The van der Waals surface area contributed by atoms with Crippen LogP contribution < -0.4 is 4.74 Å². The van der Waals surface area contributed by atoms with E-state index >= 15 is 0 Å². The zero-order valence-corrected chi connectivity index (χ0v) is 10.1. The van der Waals surface area contributed by atoms with Gasteiger partial charge in [0.15, 0.2) is 6.33 Å². The summed E-state index contributed by atoms with van der Waals surface area (Å²) in [7, 11) is 0. The lowest BCUT2D eigenvalue weighted by Crippen LogP contribution is -1.97. The SMILES string of the molecule is CCCCCOc1ccc(-n2[c]ncc2)cc1. The van der Waals surface area contributed by atoms with Crippen LogP contribution in [0, 0.1) is 6.33 Å². The zero-order chi connectivity index (χ0) is 11.9. The predicted molar refractivity (Wildman–Crippen MR) is 67.4 cm³/mol. The van der Waals surface area contributed by atoms with Crippen molar-refractivity contribution in [1.82, 2.24) is 9.55 Å². The fraction of sp³-hybridized carbons (Fsp3) is 0.357. The van der Waals surface area contributed by atoms with Crippen LogP contribution in [0.4, 0.5) is 0 Å². The van der Waals surface area contributed by atoms with E-state index in [1.807, 2.05) is 35.0 Å². The van der Waals surface area contributed by atoms with Crippen molar-refractivity contribution in [2.45, 2.75) is 26.2 Å². The van der Waals surface area contributed by atoms with Crippen LogP contribution in [0.25, 0.3) is 5.69 Å². The molecule has 0 N–H and O–H groups in total. The van der Waals surface area contributed by atoms with Crippen molar-refractivity contribution in [2.24, 2.45) is 0 Å². The number of imidazole rings is 1. The molecule has 2 rings (SSSR count). The van der Waals surface area contributed by atoms with E-state index in [0.29, 0.717) is 0 Å². The molecule has 0 aliphatic heterocycles. The second kappa shape index (κ2) is 6.09. The second-order valence-corrected chi connectivity index (χ2v) is 3.95. The quantitative estimate of drug-likeness (QED) is 0.711. The third-order valence-corrected chi connectivity index (χ3v) is 2.59. The van der Waals surface area contributed by atoms with Gasteiger partial charge in [0.2, 0.25) is 0 Å². The van der Waals surface area contributed by atoms with Crippen molar-refractivity contribution in [3.63, 3.8) is 0 Å². The molecule has 0 atom stereocenters. The molecule has 3 nitrogen and oxygen atoms in total. The van der Waals surface area contributed by atoms with E-state index in [1.165, 1.54) is 12.8 Å². The summed E-state index contributed by atoms with van der Waals surface area (Å²) >= 11 is 0. The predicted octanol–water partition coefficient (Wildman–Crippen LogP) is 3.24. The van der Waals surface area contributed by atoms with Gasteiger partial charge in [-0.25, -0.2) is 4.98 Å². The first-order valence-electron chi connectivity index (χ1n) is 6.04. The summed E-state index contributed by atoms with van der Waals surface area (Å²) < 4.78 is 7.49. The van der Waals surface area contributed by atoms with Crippen LogP contribution in [0.3, 0.4) is 0 Å². The maximum Gasteiger partial charge on any atom is 0.181 e. The molecule has 0 aliphatic carbocycles. The molecule has 0 saturated heterocycles. The molecule has 1 aromatic carbocycles. The molecular formula is C14H17N2O. The Morgan fingerprint density at radius 3 is 2.71 bits per heavy atom. The maximum atomic E-state index is 5.65. The van der Waals surface area contributed by atoms with Crippen LogP contribution in [-0.4, -0.2) is 16.2 Å². The summed E-state index contributed by atoms with van der Waals surface area (Å²) in [5.74, 6) is 0.921. The summed E-state index contributed by atoms with van der Waals surface area (Å²) in [5, 5.41) is 0. The highest BCUT2D eigenvalue weighted by molar-refractivity contribution is 5.37. The van der Waals surface area contributed by atoms with E-state index < -0.39 is 0 Å². The highest BCUT2D eigenvalue weighted by Crippen LogP contribution is 2.15. The number of rotatable bonds is 6. The average molecular weight is 229 g/mol. The molecule has 0 unspecified atom stereocenters. The minimum absolute atomic E-state index is 0.796. The number of nitrogens with zero attached hydrogens (tertiary/aromatic N) is 2. The van der Waals surface area contributed by atoms with Gasteiger partial charge in [0.1, 0.15) is 5.75 Å². The largest absolute Gasteiger partial charge is 0.494 e. The maximum absolute atomic E-state index is 5.65. The summed E-state index contributed by atoms with van der Waals surface area (Å²) in [4.78, 5) is 3.90. The number of ether oxygens (including phenoxy) is 1. The molecule has 1 heterocycles. The van der Waals surface area contributed by atoms with Crippen LogP contribution in [-0.2, 0) is 0 Å². The summed E-state index contributed by atoms with van der Waals surface area (Å²) in [5.41, 5.74) is 1.04. The van der Waals surface area contributed by atoms with Gasteiger partial charge in [0.05, 0.1) is 6.61 Å². The van der Waals surface area contributed by atoms with Crippen LogP contribution in [0.5, 0.6) is 5.75 Å². The fourth-order valence-electron chi connectivity index (χ4n) is 1.62. The van der Waals surface area contributed by atoms with Crippen molar-refractivity contribution in [3.8, 4) is 11.4 Å². The molecule has 1 radical (unpaired) electrons. The lowest BCUT2D eigenvalue weighted by Gasteiger charge is -2.07. The van der Waals surface area contributed by atoms with Gasteiger partial charge in [-0.1, -0.05) is 19.8 Å². The normalized spacial score (nSPS) is 10.4. The summed E-state index contributed by atoms with van der Waals surface area (Å²) in [6, 6.07) is 7.98. The Balaban J connectivity index is 1.90. The Bertz CT molecular complexity index is 420. The molecule has 0 aliphatic rings. The Morgan fingerprint density at radius 1 is 1.24 bits per heavy atom. The topological polar surface area (TPSA) is 27.1 Å². The molecular weight excluding hydrogens is 212 g/mol. The van der Waals surface area contributed by atoms with E-state index in [4.69, 9.17) is 4.74 Å². The van der Waals surface area contributed by atoms with Gasteiger partial charge >= 0.3 is 0 Å². The van der Waals surface area contributed by atoms with Gasteiger partial charge in [0, 0.05) is 18.1 Å². The first kappa shape index (κ1) is 11.7. The Morgan fingerprint density at radius 2 is 2.06 bits per heavy atom. The summed E-state index contributed by atoms with van der Waals surface area (Å²) in [6.45, 7) is 2.99. The Labute approximate surface area is 102 Å². The molecule has 0 bridgehead atoms. The van der Waals surface area contributed by atoms with Gasteiger partial charge in [-0.15, -0.1) is 0 Å². The smallest absolute Gasteiger partial charge is 0.181 e. The van der Waals surface area contributed by atoms with Crippen molar-refractivity contribution < 1.29 is 4.74 Å². The van der Waals surface area contributed by atoms with Crippen LogP contribution >= 0.6 is 0 Å². The Kier molecular flexibility index (Phi) is 4.19. The first-order chi connectivity index (χ1) is 8.40. The molecule has 3 heteroatoms. The Hall–Kier alpha value is -1.77. The highest BCUT2D eigenvalue weighted by Gasteiger charge is 1.97. The molecule has 0 fully saturated rings. The van der Waals surface area contributed by atoms with Crippen molar-refractivity contribution in [1.29, 1.82) is 0 Å². The molecule has 0 saturated carbocycles. The van der Waals surface area contributed by atoms with Gasteiger partial charge in [-0.2, -0.15) is 0 Å². The molecule has 89 valence electrons. The lowest BCUT2D eigenvalue weighted by molar-refractivity contribution is 0.306.